The first-order valence-corrected chi connectivity index (χ1v) is 8.38. The van der Waals surface area contributed by atoms with Crippen molar-refractivity contribution < 1.29 is 9.53 Å². The number of carbonyl (C=O) groups is 1. The van der Waals surface area contributed by atoms with Crippen molar-refractivity contribution in [1.29, 1.82) is 0 Å². The summed E-state index contributed by atoms with van der Waals surface area (Å²) in [6.45, 7) is 1.76. The smallest absolute Gasteiger partial charge is 0.332 e. The Labute approximate surface area is 154 Å². The fourth-order valence-corrected chi connectivity index (χ4v) is 3.06. The normalized spacial score (nSPS) is 12.1. The van der Waals surface area contributed by atoms with Gasteiger partial charge in [0.05, 0.1) is 19.5 Å². The van der Waals surface area contributed by atoms with Crippen LogP contribution in [0.2, 0.25) is 0 Å². The van der Waals surface area contributed by atoms with Crippen LogP contribution in [0, 0.1) is 0 Å². The number of rotatable bonds is 5. The molecule has 9 nitrogen and oxygen atoms in total. The van der Waals surface area contributed by atoms with Crippen molar-refractivity contribution in [2.45, 2.75) is 19.5 Å². The summed E-state index contributed by atoms with van der Waals surface area (Å²) in [6.07, 6.45) is 1.39. The molecule has 0 spiro atoms. The van der Waals surface area contributed by atoms with Gasteiger partial charge in [0.2, 0.25) is 5.91 Å². The van der Waals surface area contributed by atoms with Gasteiger partial charge in [0.15, 0.2) is 11.2 Å². The molecule has 1 N–H and O–H groups in total. The van der Waals surface area contributed by atoms with Crippen LogP contribution in [-0.2, 0) is 25.4 Å². The molecular weight excluding hydrogens is 350 g/mol. The van der Waals surface area contributed by atoms with Crippen LogP contribution in [-0.4, -0.2) is 31.7 Å². The number of nitrogens with zero attached hydrogens (tertiary/aromatic N) is 4. The molecule has 27 heavy (non-hydrogen) atoms. The van der Waals surface area contributed by atoms with Gasteiger partial charge < -0.3 is 14.6 Å². The second kappa shape index (κ2) is 7.10. The van der Waals surface area contributed by atoms with Crippen molar-refractivity contribution in [3.05, 3.63) is 57.0 Å². The summed E-state index contributed by atoms with van der Waals surface area (Å²) in [5.41, 5.74) is 0.346. The molecule has 3 rings (SSSR count). The highest BCUT2D eigenvalue weighted by molar-refractivity contribution is 5.79. The van der Waals surface area contributed by atoms with Crippen molar-refractivity contribution in [2.75, 3.05) is 7.11 Å². The average molecular weight is 371 g/mol. The molecule has 142 valence electrons. The Morgan fingerprint density at radius 3 is 2.63 bits per heavy atom. The molecule has 0 aliphatic carbocycles. The Balaban J connectivity index is 1.87. The summed E-state index contributed by atoms with van der Waals surface area (Å²) in [7, 11) is 4.50. The van der Waals surface area contributed by atoms with Crippen LogP contribution in [0.15, 0.2) is 40.2 Å². The number of ether oxygens (including phenoxy) is 1. The molecule has 2 heterocycles. The number of carbonyl (C=O) groups excluding carboxylic acids is 1. The summed E-state index contributed by atoms with van der Waals surface area (Å²) >= 11 is 0. The van der Waals surface area contributed by atoms with E-state index < -0.39 is 11.2 Å². The minimum atomic E-state index is -0.490. The first-order chi connectivity index (χ1) is 12.8. The van der Waals surface area contributed by atoms with Crippen LogP contribution in [0.25, 0.3) is 11.2 Å². The minimum Gasteiger partial charge on any atom is -0.496 e. The molecule has 0 aliphatic rings. The van der Waals surface area contributed by atoms with Gasteiger partial charge in [0, 0.05) is 19.7 Å². The van der Waals surface area contributed by atoms with Crippen LogP contribution in [0.5, 0.6) is 5.75 Å². The lowest BCUT2D eigenvalue weighted by Gasteiger charge is -2.17. The summed E-state index contributed by atoms with van der Waals surface area (Å²) < 4.78 is 9.04. The number of benzene rings is 1. The zero-order valence-corrected chi connectivity index (χ0v) is 15.6. The van der Waals surface area contributed by atoms with E-state index in [1.54, 1.807) is 7.11 Å². The van der Waals surface area contributed by atoms with Gasteiger partial charge in [-0.2, -0.15) is 0 Å². The average Bonchev–Trinajstić information content (AvgIpc) is 3.08. The summed E-state index contributed by atoms with van der Waals surface area (Å²) in [6, 6.07) is 7.14. The molecule has 3 aromatic rings. The van der Waals surface area contributed by atoms with E-state index >= 15 is 0 Å². The van der Waals surface area contributed by atoms with Crippen molar-refractivity contribution in [2.24, 2.45) is 14.1 Å². The quantitative estimate of drug-likeness (QED) is 0.696. The van der Waals surface area contributed by atoms with E-state index in [4.69, 9.17) is 4.74 Å². The SMILES string of the molecule is COc1ccccc1C(C)NC(=O)Cn1cnc2c1c(=O)n(C)c(=O)n2C. The highest BCUT2D eigenvalue weighted by Crippen LogP contribution is 2.24. The number of hydrogen-bond donors (Lipinski definition) is 1. The topological polar surface area (TPSA) is 100 Å². The Morgan fingerprint density at radius 2 is 1.93 bits per heavy atom. The van der Waals surface area contributed by atoms with Crippen molar-refractivity contribution in [3.8, 4) is 5.75 Å². The Kier molecular flexibility index (Phi) is 4.85. The molecule has 0 fully saturated rings. The summed E-state index contributed by atoms with van der Waals surface area (Å²) in [5.74, 6) is 0.394. The lowest BCUT2D eigenvalue weighted by atomic mass is 10.1. The zero-order chi connectivity index (χ0) is 19.7. The van der Waals surface area contributed by atoms with E-state index in [1.807, 2.05) is 31.2 Å². The third-order valence-electron chi connectivity index (χ3n) is 4.51. The second-order valence-electron chi connectivity index (χ2n) is 6.28. The molecule has 0 aliphatic heterocycles. The first kappa shape index (κ1) is 18.4. The maximum atomic E-state index is 12.5. The second-order valence-corrected chi connectivity index (χ2v) is 6.28. The van der Waals surface area contributed by atoms with E-state index in [9.17, 15) is 14.4 Å². The molecule has 0 saturated heterocycles. The summed E-state index contributed by atoms with van der Waals surface area (Å²) in [5, 5.41) is 2.89. The number of amides is 1. The van der Waals surface area contributed by atoms with Gasteiger partial charge in [-0.1, -0.05) is 18.2 Å². The Bertz CT molecular complexity index is 1120. The molecule has 0 saturated carbocycles. The minimum absolute atomic E-state index is 0.0938. The number of aromatic nitrogens is 4. The number of hydrogen-bond acceptors (Lipinski definition) is 5. The third kappa shape index (κ3) is 3.23. The highest BCUT2D eigenvalue weighted by atomic mass is 16.5. The molecule has 9 heteroatoms. The standard InChI is InChI=1S/C18H21N5O4/c1-11(12-7-5-6-8-13(12)27-4)20-14(24)9-23-10-19-16-15(23)17(25)22(3)18(26)21(16)2/h5-8,10-11H,9H2,1-4H3,(H,20,24). The maximum absolute atomic E-state index is 12.5. The maximum Gasteiger partial charge on any atom is 0.332 e. The number of nitrogens with one attached hydrogen (secondary N) is 1. The number of fused-ring (bicyclic) bond motifs is 1. The highest BCUT2D eigenvalue weighted by Gasteiger charge is 2.18. The molecule has 0 radical (unpaired) electrons. The summed E-state index contributed by atoms with van der Waals surface area (Å²) in [4.78, 5) is 41.0. The zero-order valence-electron chi connectivity index (χ0n) is 15.6. The fraction of sp³-hybridized carbons (Fsp3) is 0.333. The van der Waals surface area contributed by atoms with E-state index in [2.05, 4.69) is 10.3 Å². The predicted molar refractivity (Wildman–Crippen MR) is 99.8 cm³/mol. The Hall–Kier alpha value is -3.36. The van der Waals surface area contributed by atoms with E-state index in [0.717, 1.165) is 10.1 Å². The molecule has 1 aromatic carbocycles. The van der Waals surface area contributed by atoms with E-state index in [1.165, 1.54) is 29.6 Å². The van der Waals surface area contributed by atoms with Gasteiger partial charge in [-0.15, -0.1) is 0 Å². The van der Waals surface area contributed by atoms with Gasteiger partial charge in [0.25, 0.3) is 5.56 Å². The molecule has 1 atom stereocenters. The lowest BCUT2D eigenvalue weighted by molar-refractivity contribution is -0.122. The number of aryl methyl sites for hydroxylation is 1. The monoisotopic (exact) mass is 371 g/mol. The predicted octanol–water partition coefficient (Wildman–Crippen LogP) is 0.320. The molecule has 2 aromatic heterocycles. The molecule has 0 bridgehead atoms. The van der Waals surface area contributed by atoms with Gasteiger partial charge in [0.1, 0.15) is 12.3 Å². The third-order valence-corrected chi connectivity index (χ3v) is 4.51. The van der Waals surface area contributed by atoms with Crippen molar-refractivity contribution >= 4 is 17.1 Å². The largest absolute Gasteiger partial charge is 0.496 e. The van der Waals surface area contributed by atoms with Gasteiger partial charge >= 0.3 is 5.69 Å². The fourth-order valence-electron chi connectivity index (χ4n) is 3.06. The first-order valence-electron chi connectivity index (χ1n) is 8.38. The van der Waals surface area contributed by atoms with Gasteiger partial charge in [-0.3, -0.25) is 18.7 Å². The molecule has 1 amide bonds. The lowest BCUT2D eigenvalue weighted by Crippen LogP contribution is -2.38. The van der Waals surface area contributed by atoms with Crippen LogP contribution < -0.4 is 21.3 Å². The number of methoxy groups -OCH3 is 1. The van der Waals surface area contributed by atoms with Crippen molar-refractivity contribution in [1.82, 2.24) is 24.0 Å². The van der Waals surface area contributed by atoms with Crippen LogP contribution >= 0.6 is 0 Å². The molecule has 1 unspecified atom stereocenters. The van der Waals surface area contributed by atoms with Crippen LogP contribution in [0.4, 0.5) is 0 Å². The van der Waals surface area contributed by atoms with Gasteiger partial charge in [-0.05, 0) is 13.0 Å². The Morgan fingerprint density at radius 1 is 1.22 bits per heavy atom. The van der Waals surface area contributed by atoms with Crippen molar-refractivity contribution in [3.63, 3.8) is 0 Å². The van der Waals surface area contributed by atoms with E-state index in [-0.39, 0.29) is 29.7 Å². The van der Waals surface area contributed by atoms with Crippen LogP contribution in [0.3, 0.4) is 0 Å². The van der Waals surface area contributed by atoms with Gasteiger partial charge in [-0.25, -0.2) is 9.78 Å². The van der Waals surface area contributed by atoms with Crippen LogP contribution in [0.1, 0.15) is 18.5 Å². The van der Waals surface area contributed by atoms with E-state index in [0.29, 0.717) is 5.75 Å². The number of imidazole rings is 1. The number of para-hydroxylation sites is 1. The molecular formula is C18H21N5O4.